The Labute approximate surface area is 357 Å². The summed E-state index contributed by atoms with van der Waals surface area (Å²) in [5, 5.41) is 0. The van der Waals surface area contributed by atoms with E-state index >= 15 is 0 Å². The number of benzene rings is 6. The first-order chi connectivity index (χ1) is 30.2. The van der Waals surface area contributed by atoms with Crippen LogP contribution in [0, 0.1) is 0 Å². The predicted molar refractivity (Wildman–Crippen MR) is 254 cm³/mol. The molecule has 288 valence electrons. The van der Waals surface area contributed by atoms with Crippen LogP contribution in [0.1, 0.15) is 23.1 Å². The van der Waals surface area contributed by atoms with Crippen molar-refractivity contribution >= 4 is 16.7 Å². The highest BCUT2D eigenvalue weighted by Gasteiger charge is 2.18. The molecule has 10 rings (SSSR count). The van der Waals surface area contributed by atoms with E-state index in [4.69, 9.17) is 0 Å². The van der Waals surface area contributed by atoms with Crippen LogP contribution in [0.3, 0.4) is 0 Å². The van der Waals surface area contributed by atoms with Crippen LogP contribution in [0.25, 0.3) is 83.9 Å². The zero-order valence-corrected chi connectivity index (χ0v) is 33.6. The zero-order chi connectivity index (χ0) is 40.8. The molecule has 0 N–H and O–H groups in total. The Bertz CT molecular complexity index is 3040. The third-order valence-electron chi connectivity index (χ3n) is 11.4. The fraction of sp³-hybridized carbons (Fsp3) is 0.0172. The van der Waals surface area contributed by atoms with Gasteiger partial charge in [0.05, 0.1) is 17.1 Å². The van der Waals surface area contributed by atoms with Crippen molar-refractivity contribution < 1.29 is 0 Å². The van der Waals surface area contributed by atoms with Gasteiger partial charge in [-0.25, -0.2) is 0 Å². The molecule has 3 heteroatoms. The average Bonchev–Trinajstić information content (AvgIpc) is 3.58. The Morgan fingerprint density at radius 1 is 0.262 bits per heavy atom. The summed E-state index contributed by atoms with van der Waals surface area (Å²) in [7, 11) is 0. The highest BCUT2D eigenvalue weighted by Crippen LogP contribution is 2.41. The smallest absolute Gasteiger partial charge is 0.0701 e. The topological polar surface area (TPSA) is 38.7 Å². The lowest BCUT2D eigenvalue weighted by molar-refractivity contribution is 1.33. The van der Waals surface area contributed by atoms with Crippen molar-refractivity contribution in [3.63, 3.8) is 0 Å². The maximum atomic E-state index is 4.59. The summed E-state index contributed by atoms with van der Waals surface area (Å²) in [6.07, 6.45) is 13.5. The molecule has 0 atom stereocenters. The molecular formula is C58H41N3. The second kappa shape index (κ2) is 17.1. The van der Waals surface area contributed by atoms with Crippen LogP contribution in [0.5, 0.6) is 0 Å². The van der Waals surface area contributed by atoms with Crippen molar-refractivity contribution in [2.45, 2.75) is 6.42 Å². The number of hydrogen-bond acceptors (Lipinski definition) is 3. The molecule has 0 saturated heterocycles. The summed E-state index contributed by atoms with van der Waals surface area (Å²) < 4.78 is 0. The number of hydrogen-bond donors (Lipinski definition) is 0. The van der Waals surface area contributed by atoms with E-state index in [0.717, 1.165) is 56.9 Å². The Hall–Kier alpha value is -8.01. The molecule has 3 nitrogen and oxygen atoms in total. The van der Waals surface area contributed by atoms with Crippen LogP contribution in [0.4, 0.5) is 0 Å². The van der Waals surface area contributed by atoms with Gasteiger partial charge in [-0.2, -0.15) is 0 Å². The summed E-state index contributed by atoms with van der Waals surface area (Å²) in [5.74, 6) is 0. The van der Waals surface area contributed by atoms with Gasteiger partial charge in [0.1, 0.15) is 0 Å². The third-order valence-corrected chi connectivity index (χ3v) is 11.4. The van der Waals surface area contributed by atoms with Crippen molar-refractivity contribution in [3.05, 3.63) is 254 Å². The Kier molecular flexibility index (Phi) is 10.4. The van der Waals surface area contributed by atoms with Crippen LogP contribution in [0.15, 0.2) is 237 Å². The van der Waals surface area contributed by atoms with Crippen molar-refractivity contribution in [1.29, 1.82) is 0 Å². The van der Waals surface area contributed by atoms with E-state index in [1.54, 1.807) is 0 Å². The summed E-state index contributed by atoms with van der Waals surface area (Å²) in [5.41, 5.74) is 20.4. The number of pyridine rings is 3. The van der Waals surface area contributed by atoms with Gasteiger partial charge in [0.25, 0.3) is 0 Å². The molecule has 1 aliphatic rings. The molecule has 6 aromatic carbocycles. The average molecular weight is 780 g/mol. The SMILES string of the molecule is C1=C(c2ccccc2-c2ccc(-c3ccccn3)cc2)C=C(c2ccccc2-c2ccc(-c3ccccn3)cc2)C=C(c2ccccc2-c2ccc(-c3ccccn3)cc2)C1. The molecular weight excluding hydrogens is 739 g/mol. The van der Waals surface area contributed by atoms with Crippen LogP contribution < -0.4 is 0 Å². The Balaban J connectivity index is 1.09. The first-order valence-electron chi connectivity index (χ1n) is 20.7. The fourth-order valence-electron chi connectivity index (χ4n) is 8.32. The number of rotatable bonds is 9. The molecule has 9 aromatic rings. The van der Waals surface area contributed by atoms with Gasteiger partial charge in [-0.15, -0.1) is 0 Å². The molecule has 0 bridgehead atoms. The van der Waals surface area contributed by atoms with E-state index in [0.29, 0.717) is 0 Å². The first-order valence-corrected chi connectivity index (χ1v) is 20.7. The monoisotopic (exact) mass is 779 g/mol. The highest BCUT2D eigenvalue weighted by molar-refractivity contribution is 6.01. The van der Waals surface area contributed by atoms with Gasteiger partial charge in [-0.1, -0.05) is 176 Å². The molecule has 3 aromatic heterocycles. The minimum Gasteiger partial charge on any atom is -0.256 e. The maximum Gasteiger partial charge on any atom is 0.0701 e. The Morgan fingerprint density at radius 2 is 0.590 bits per heavy atom. The van der Waals surface area contributed by atoms with E-state index in [-0.39, 0.29) is 0 Å². The lowest BCUT2D eigenvalue weighted by Gasteiger charge is -2.15. The molecule has 0 saturated carbocycles. The van der Waals surface area contributed by atoms with E-state index in [1.165, 1.54) is 50.1 Å². The van der Waals surface area contributed by atoms with Gasteiger partial charge in [0.2, 0.25) is 0 Å². The summed E-state index contributed by atoms with van der Waals surface area (Å²) in [6.45, 7) is 0. The Morgan fingerprint density at radius 3 is 0.984 bits per heavy atom. The van der Waals surface area contributed by atoms with Gasteiger partial charge >= 0.3 is 0 Å². The van der Waals surface area contributed by atoms with Gasteiger partial charge in [-0.05, 0) is 116 Å². The van der Waals surface area contributed by atoms with Crippen LogP contribution >= 0.6 is 0 Å². The van der Waals surface area contributed by atoms with Crippen molar-refractivity contribution in [3.8, 4) is 67.2 Å². The minimum atomic E-state index is 0.756. The van der Waals surface area contributed by atoms with Crippen LogP contribution in [-0.2, 0) is 0 Å². The standard InChI is InChI=1S/C58H41N3/c1-4-16-53(50(13-1)41-22-28-44(29-23-41)56-19-7-10-36-59-56)47-34-35-48(54-17-5-2-14-51(54)42-24-30-45(31-25-42)57-20-8-11-37-60-57)40-49(39-47)55-18-6-3-15-52(55)43-26-32-46(33-27-43)58-21-9-12-38-61-58/h1-34,36-40H,35H2. The lowest BCUT2D eigenvalue weighted by atomic mass is 9.89. The number of allylic oxidation sites excluding steroid dienone is 6. The highest BCUT2D eigenvalue weighted by atomic mass is 14.7. The van der Waals surface area contributed by atoms with E-state index < -0.39 is 0 Å². The van der Waals surface area contributed by atoms with Gasteiger partial charge in [0, 0.05) is 35.3 Å². The molecule has 0 fully saturated rings. The molecule has 0 aliphatic heterocycles. The van der Waals surface area contributed by atoms with E-state index in [2.05, 4.69) is 197 Å². The largest absolute Gasteiger partial charge is 0.256 e. The lowest BCUT2D eigenvalue weighted by Crippen LogP contribution is -1.92. The molecule has 0 spiro atoms. The van der Waals surface area contributed by atoms with E-state index in [9.17, 15) is 0 Å². The molecule has 3 heterocycles. The molecule has 0 radical (unpaired) electrons. The van der Waals surface area contributed by atoms with Crippen molar-refractivity contribution in [2.75, 3.05) is 0 Å². The summed E-state index contributed by atoms with van der Waals surface area (Å²) >= 11 is 0. The fourth-order valence-corrected chi connectivity index (χ4v) is 8.32. The molecule has 0 amide bonds. The predicted octanol–water partition coefficient (Wildman–Crippen LogP) is 14.8. The number of aromatic nitrogens is 3. The third kappa shape index (κ3) is 7.93. The van der Waals surface area contributed by atoms with Crippen LogP contribution in [-0.4, -0.2) is 15.0 Å². The summed E-state index contributed by atoms with van der Waals surface area (Å²) in [4.78, 5) is 13.8. The second-order valence-electron chi connectivity index (χ2n) is 15.1. The van der Waals surface area contributed by atoms with Crippen molar-refractivity contribution in [1.82, 2.24) is 15.0 Å². The van der Waals surface area contributed by atoms with Gasteiger partial charge < -0.3 is 0 Å². The quantitative estimate of drug-likeness (QED) is 0.146. The minimum absolute atomic E-state index is 0.756. The maximum absolute atomic E-state index is 4.59. The van der Waals surface area contributed by atoms with Gasteiger partial charge in [0.15, 0.2) is 0 Å². The summed E-state index contributed by atoms with van der Waals surface area (Å²) in [6, 6.07) is 70.8. The van der Waals surface area contributed by atoms with Crippen molar-refractivity contribution in [2.24, 2.45) is 0 Å². The second-order valence-corrected chi connectivity index (χ2v) is 15.1. The first kappa shape index (κ1) is 37.3. The molecule has 0 unspecified atom stereocenters. The molecule has 1 aliphatic carbocycles. The zero-order valence-electron chi connectivity index (χ0n) is 33.6. The van der Waals surface area contributed by atoms with E-state index in [1.807, 2.05) is 55.0 Å². The van der Waals surface area contributed by atoms with Crippen LogP contribution in [0.2, 0.25) is 0 Å². The number of nitrogens with zero attached hydrogens (tertiary/aromatic N) is 3. The normalized spacial score (nSPS) is 12.5. The molecule has 61 heavy (non-hydrogen) atoms. The van der Waals surface area contributed by atoms with Gasteiger partial charge in [-0.3, -0.25) is 15.0 Å².